The van der Waals surface area contributed by atoms with Crippen molar-refractivity contribution in [3.05, 3.63) is 16.8 Å². The minimum Gasteiger partial charge on any atom is -0.232 e. The van der Waals surface area contributed by atoms with Crippen LogP contribution in [0, 0.1) is 6.92 Å². The van der Waals surface area contributed by atoms with E-state index in [1.807, 2.05) is 6.92 Å². The Balaban J connectivity index is 2.92. The molecule has 0 saturated heterocycles. The molecule has 2 aromatic heterocycles. The van der Waals surface area contributed by atoms with E-state index in [4.69, 9.17) is 11.6 Å². The van der Waals surface area contributed by atoms with Crippen LogP contribution in [-0.4, -0.2) is 20.0 Å². The van der Waals surface area contributed by atoms with Crippen molar-refractivity contribution in [1.29, 1.82) is 0 Å². The van der Waals surface area contributed by atoms with Crippen molar-refractivity contribution in [2.45, 2.75) is 6.92 Å². The van der Waals surface area contributed by atoms with Gasteiger partial charge in [0, 0.05) is 12.7 Å². The van der Waals surface area contributed by atoms with Gasteiger partial charge in [-0.2, -0.15) is 0 Å². The minimum atomic E-state index is 0.602. The predicted octanol–water partition coefficient (Wildman–Crippen LogP) is 1.33. The Morgan fingerprint density at radius 3 is 3.00 bits per heavy atom. The molecule has 5 heteroatoms. The zero-order chi connectivity index (χ0) is 8.72. The Hall–Kier alpha value is -1.16. The van der Waals surface area contributed by atoms with Crippen LogP contribution in [0.15, 0.2) is 6.07 Å². The molecule has 0 unspecified atom stereocenters. The summed E-state index contributed by atoms with van der Waals surface area (Å²) in [7, 11) is 1.79. The maximum Gasteiger partial charge on any atom is 0.179 e. The summed E-state index contributed by atoms with van der Waals surface area (Å²) in [6, 6.07) is 1.78. The second-order valence-electron chi connectivity index (χ2n) is 2.63. The van der Waals surface area contributed by atoms with E-state index in [9.17, 15) is 0 Å². The molecule has 0 aliphatic rings. The third-order valence-electron chi connectivity index (χ3n) is 1.64. The number of nitrogens with zero attached hydrogens (tertiary/aromatic N) is 4. The number of hydrogen-bond donors (Lipinski definition) is 0. The molecule has 0 aliphatic carbocycles. The summed E-state index contributed by atoms with van der Waals surface area (Å²) in [5.74, 6) is 0. The number of fused-ring (bicyclic) bond motifs is 1. The number of hydrogen-bond acceptors (Lipinski definition) is 3. The molecular weight excluding hydrogens is 176 g/mol. The van der Waals surface area contributed by atoms with Gasteiger partial charge in [0.05, 0.1) is 5.02 Å². The van der Waals surface area contributed by atoms with Gasteiger partial charge in [0.2, 0.25) is 0 Å². The minimum absolute atomic E-state index is 0.602. The number of rotatable bonds is 0. The molecule has 0 N–H and O–H groups in total. The third kappa shape index (κ3) is 0.956. The summed E-state index contributed by atoms with van der Waals surface area (Å²) in [6.07, 6.45) is 0. The zero-order valence-corrected chi connectivity index (χ0v) is 7.50. The molecule has 2 aromatic rings. The van der Waals surface area contributed by atoms with Gasteiger partial charge in [0.15, 0.2) is 11.2 Å². The van der Waals surface area contributed by atoms with E-state index < -0.39 is 0 Å². The van der Waals surface area contributed by atoms with Gasteiger partial charge >= 0.3 is 0 Å². The van der Waals surface area contributed by atoms with Crippen LogP contribution in [0.5, 0.6) is 0 Å². The van der Waals surface area contributed by atoms with Gasteiger partial charge in [-0.25, -0.2) is 9.67 Å². The van der Waals surface area contributed by atoms with E-state index in [0.717, 1.165) is 11.3 Å². The van der Waals surface area contributed by atoms with Crippen LogP contribution in [0.1, 0.15) is 5.69 Å². The monoisotopic (exact) mass is 182 g/mol. The van der Waals surface area contributed by atoms with Crippen LogP contribution in [0.4, 0.5) is 0 Å². The van der Waals surface area contributed by atoms with Crippen LogP contribution >= 0.6 is 11.6 Å². The average molecular weight is 183 g/mol. The molecule has 0 amide bonds. The number of aromatic nitrogens is 4. The number of aryl methyl sites for hydroxylation is 2. The topological polar surface area (TPSA) is 43.6 Å². The third-order valence-corrected chi connectivity index (χ3v) is 1.93. The van der Waals surface area contributed by atoms with Gasteiger partial charge < -0.3 is 0 Å². The van der Waals surface area contributed by atoms with Crippen LogP contribution in [-0.2, 0) is 7.05 Å². The Bertz CT molecular complexity index is 434. The summed E-state index contributed by atoms with van der Waals surface area (Å²) in [5, 5.41) is 8.30. The molecule has 4 nitrogen and oxygen atoms in total. The fourth-order valence-electron chi connectivity index (χ4n) is 1.08. The van der Waals surface area contributed by atoms with E-state index in [1.54, 1.807) is 17.8 Å². The molecule has 0 aliphatic heterocycles. The smallest absolute Gasteiger partial charge is 0.179 e. The molecule has 0 atom stereocenters. The molecule has 0 fully saturated rings. The van der Waals surface area contributed by atoms with Crippen molar-refractivity contribution in [1.82, 2.24) is 20.0 Å². The van der Waals surface area contributed by atoms with Gasteiger partial charge in [-0.1, -0.05) is 16.8 Å². The molecule has 12 heavy (non-hydrogen) atoms. The van der Waals surface area contributed by atoms with Crippen LogP contribution < -0.4 is 0 Å². The Morgan fingerprint density at radius 2 is 2.25 bits per heavy atom. The number of pyridine rings is 1. The highest BCUT2D eigenvalue weighted by atomic mass is 35.5. The first kappa shape index (κ1) is 7.49. The highest BCUT2D eigenvalue weighted by molar-refractivity contribution is 6.34. The molecule has 0 spiro atoms. The van der Waals surface area contributed by atoms with Gasteiger partial charge in [-0.3, -0.25) is 0 Å². The second-order valence-corrected chi connectivity index (χ2v) is 3.04. The molecule has 0 aromatic carbocycles. The first-order chi connectivity index (χ1) is 5.68. The van der Waals surface area contributed by atoms with Crippen molar-refractivity contribution in [2.75, 3.05) is 0 Å². The van der Waals surface area contributed by atoms with Crippen molar-refractivity contribution >= 4 is 22.8 Å². The lowest BCUT2D eigenvalue weighted by atomic mass is 10.3. The van der Waals surface area contributed by atoms with E-state index in [1.165, 1.54) is 0 Å². The summed E-state index contributed by atoms with van der Waals surface area (Å²) in [5.41, 5.74) is 2.25. The lowest BCUT2D eigenvalue weighted by molar-refractivity contribution is 0.729. The van der Waals surface area contributed by atoms with Gasteiger partial charge in [0.1, 0.15) is 0 Å². The van der Waals surface area contributed by atoms with E-state index in [-0.39, 0.29) is 0 Å². The molecule has 0 radical (unpaired) electrons. The summed E-state index contributed by atoms with van der Waals surface area (Å²) in [6.45, 7) is 1.89. The second kappa shape index (κ2) is 2.42. The lowest BCUT2D eigenvalue weighted by Gasteiger charge is -1.95. The molecule has 0 saturated carbocycles. The molecule has 2 heterocycles. The Kier molecular flexibility index (Phi) is 1.51. The standard InChI is InChI=1S/C7H7ClN4/c1-4-3-5(8)6-7(9-4)12(2)11-10-6/h3H,1-2H3. The highest BCUT2D eigenvalue weighted by Crippen LogP contribution is 2.19. The average Bonchev–Trinajstić information content (AvgIpc) is 2.33. The van der Waals surface area contributed by atoms with Crippen molar-refractivity contribution in [3.8, 4) is 0 Å². The van der Waals surface area contributed by atoms with Gasteiger partial charge in [-0.15, -0.1) is 5.10 Å². The maximum absolute atomic E-state index is 5.92. The largest absolute Gasteiger partial charge is 0.232 e. The molecule has 2 rings (SSSR count). The summed E-state index contributed by atoms with van der Waals surface area (Å²) < 4.78 is 1.61. The lowest BCUT2D eigenvalue weighted by Crippen LogP contribution is -1.92. The summed E-state index contributed by atoms with van der Waals surface area (Å²) in [4.78, 5) is 4.25. The fourth-order valence-corrected chi connectivity index (χ4v) is 1.36. The van der Waals surface area contributed by atoms with Crippen LogP contribution in [0.25, 0.3) is 11.2 Å². The van der Waals surface area contributed by atoms with E-state index >= 15 is 0 Å². The molecule has 0 bridgehead atoms. The quantitative estimate of drug-likeness (QED) is 0.617. The molecular formula is C7H7ClN4. The fraction of sp³-hybridized carbons (Fsp3) is 0.286. The molecule has 62 valence electrons. The summed E-state index contributed by atoms with van der Waals surface area (Å²) >= 11 is 5.92. The highest BCUT2D eigenvalue weighted by Gasteiger charge is 2.07. The Morgan fingerprint density at radius 1 is 1.50 bits per heavy atom. The zero-order valence-electron chi connectivity index (χ0n) is 6.74. The van der Waals surface area contributed by atoms with Crippen molar-refractivity contribution in [3.63, 3.8) is 0 Å². The van der Waals surface area contributed by atoms with Crippen molar-refractivity contribution in [2.24, 2.45) is 7.05 Å². The van der Waals surface area contributed by atoms with E-state index in [2.05, 4.69) is 15.3 Å². The number of halogens is 1. The van der Waals surface area contributed by atoms with Crippen LogP contribution in [0.3, 0.4) is 0 Å². The van der Waals surface area contributed by atoms with Crippen molar-refractivity contribution < 1.29 is 0 Å². The maximum atomic E-state index is 5.92. The SMILES string of the molecule is Cc1cc(Cl)c2nnn(C)c2n1. The van der Waals surface area contributed by atoms with Gasteiger partial charge in [-0.05, 0) is 13.0 Å². The first-order valence-electron chi connectivity index (χ1n) is 3.51. The van der Waals surface area contributed by atoms with E-state index in [0.29, 0.717) is 10.5 Å². The normalized spacial score (nSPS) is 10.9. The van der Waals surface area contributed by atoms with Gasteiger partial charge in [0.25, 0.3) is 0 Å². The first-order valence-corrected chi connectivity index (χ1v) is 3.89. The van der Waals surface area contributed by atoms with Crippen LogP contribution in [0.2, 0.25) is 5.02 Å². The predicted molar refractivity (Wildman–Crippen MR) is 46.1 cm³/mol. The Labute approximate surface area is 74.2 Å².